The second-order valence-electron chi connectivity index (χ2n) is 6.17. The number of piperidine rings is 1. The highest BCUT2D eigenvalue weighted by Gasteiger charge is 2.29. The van der Waals surface area contributed by atoms with Gasteiger partial charge in [-0.3, -0.25) is 9.69 Å². The number of nitrogens with zero attached hydrogens (tertiary/aromatic N) is 1. The number of benzene rings is 1. The minimum Gasteiger partial charge on any atom is -0.496 e. The lowest BCUT2D eigenvalue weighted by Crippen LogP contribution is -2.46. The average Bonchev–Trinajstić information content (AvgIpc) is 2.58. The summed E-state index contributed by atoms with van der Waals surface area (Å²) in [5, 5.41) is 0. The van der Waals surface area contributed by atoms with Crippen molar-refractivity contribution in [2.24, 2.45) is 5.92 Å². The molecule has 0 radical (unpaired) electrons. The highest BCUT2D eigenvalue weighted by Crippen LogP contribution is 2.27. The van der Waals surface area contributed by atoms with Gasteiger partial charge in [0.15, 0.2) is 0 Å². The Balaban J connectivity index is 1.89. The predicted molar refractivity (Wildman–Crippen MR) is 91.7 cm³/mol. The Morgan fingerprint density at radius 2 is 1.96 bits per heavy atom. The van der Waals surface area contributed by atoms with Crippen molar-refractivity contribution in [3.8, 4) is 5.75 Å². The van der Waals surface area contributed by atoms with Gasteiger partial charge in [0.05, 0.1) is 13.7 Å². The largest absolute Gasteiger partial charge is 0.496 e. The number of methoxy groups -OCH3 is 1. The minimum absolute atomic E-state index is 0.0711. The number of esters is 1. The van der Waals surface area contributed by atoms with Gasteiger partial charge >= 0.3 is 5.97 Å². The first-order valence-electron chi connectivity index (χ1n) is 8.72. The van der Waals surface area contributed by atoms with Crippen LogP contribution in [0.5, 0.6) is 5.75 Å². The van der Waals surface area contributed by atoms with Gasteiger partial charge in [-0.1, -0.05) is 25.1 Å². The second-order valence-corrected chi connectivity index (χ2v) is 6.17. The van der Waals surface area contributed by atoms with Gasteiger partial charge in [0.2, 0.25) is 0 Å². The van der Waals surface area contributed by atoms with Gasteiger partial charge in [0.25, 0.3) is 0 Å². The predicted octanol–water partition coefficient (Wildman–Crippen LogP) is 3.29. The van der Waals surface area contributed by atoms with Crippen LogP contribution in [0, 0.1) is 5.92 Å². The van der Waals surface area contributed by atoms with Crippen LogP contribution >= 0.6 is 0 Å². The number of carbonyl (C=O) groups is 1. The minimum atomic E-state index is -0.0813. The standard InChI is InChI=1S/C19H29NO3/c1-4-17(19(21)23-5-2)20-12-10-15(11-13-20)14-16-8-6-7-9-18(16)22-3/h6-9,15,17H,4-5,10-14H2,1-3H3. The van der Waals surface area contributed by atoms with Crippen molar-refractivity contribution in [1.82, 2.24) is 4.90 Å². The average molecular weight is 319 g/mol. The van der Waals surface area contributed by atoms with Crippen LogP contribution < -0.4 is 4.74 Å². The molecule has 23 heavy (non-hydrogen) atoms. The van der Waals surface area contributed by atoms with Gasteiger partial charge in [-0.05, 0) is 63.2 Å². The molecule has 0 bridgehead atoms. The number of carbonyl (C=O) groups excluding carboxylic acids is 1. The highest BCUT2D eigenvalue weighted by molar-refractivity contribution is 5.75. The van der Waals surface area contributed by atoms with E-state index in [4.69, 9.17) is 9.47 Å². The molecule has 1 aliphatic heterocycles. The van der Waals surface area contributed by atoms with E-state index in [1.807, 2.05) is 19.1 Å². The second kappa shape index (κ2) is 8.92. The van der Waals surface area contributed by atoms with Gasteiger partial charge in [-0.25, -0.2) is 0 Å². The van der Waals surface area contributed by atoms with Gasteiger partial charge < -0.3 is 9.47 Å². The van der Waals surface area contributed by atoms with Gasteiger partial charge in [0.1, 0.15) is 11.8 Å². The third kappa shape index (κ3) is 4.71. The molecule has 1 aliphatic rings. The molecule has 1 aromatic carbocycles. The molecule has 1 fully saturated rings. The Bertz CT molecular complexity index is 495. The molecule has 1 heterocycles. The molecule has 128 valence electrons. The van der Waals surface area contributed by atoms with Crippen LogP contribution in [0.4, 0.5) is 0 Å². The number of para-hydroxylation sites is 1. The summed E-state index contributed by atoms with van der Waals surface area (Å²) in [4.78, 5) is 14.3. The number of rotatable bonds is 7. The zero-order valence-corrected chi connectivity index (χ0v) is 14.6. The zero-order valence-electron chi connectivity index (χ0n) is 14.6. The number of hydrogen-bond donors (Lipinski definition) is 0. The Morgan fingerprint density at radius 1 is 1.26 bits per heavy atom. The highest BCUT2D eigenvalue weighted by atomic mass is 16.5. The van der Waals surface area contributed by atoms with E-state index in [0.29, 0.717) is 12.5 Å². The first kappa shape index (κ1) is 17.8. The molecule has 1 aromatic rings. The van der Waals surface area contributed by atoms with E-state index in [-0.39, 0.29) is 12.0 Å². The van der Waals surface area contributed by atoms with Crippen molar-refractivity contribution >= 4 is 5.97 Å². The van der Waals surface area contributed by atoms with E-state index < -0.39 is 0 Å². The summed E-state index contributed by atoms with van der Waals surface area (Å²) in [5.41, 5.74) is 1.28. The van der Waals surface area contributed by atoms with Gasteiger partial charge in [-0.15, -0.1) is 0 Å². The first-order chi connectivity index (χ1) is 11.2. The zero-order chi connectivity index (χ0) is 16.7. The van der Waals surface area contributed by atoms with Crippen LogP contribution in [0.15, 0.2) is 24.3 Å². The maximum absolute atomic E-state index is 12.0. The molecular weight excluding hydrogens is 290 g/mol. The molecule has 2 rings (SSSR count). The van der Waals surface area contributed by atoms with Crippen LogP contribution in [-0.2, 0) is 16.0 Å². The van der Waals surface area contributed by atoms with Crippen molar-refractivity contribution in [3.63, 3.8) is 0 Å². The molecule has 0 saturated carbocycles. The fourth-order valence-corrected chi connectivity index (χ4v) is 3.46. The van der Waals surface area contributed by atoms with Crippen molar-refractivity contribution < 1.29 is 14.3 Å². The van der Waals surface area contributed by atoms with Crippen molar-refractivity contribution in [1.29, 1.82) is 0 Å². The summed E-state index contributed by atoms with van der Waals surface area (Å²) in [6.45, 7) is 6.32. The van der Waals surface area contributed by atoms with E-state index in [0.717, 1.165) is 44.5 Å². The van der Waals surface area contributed by atoms with Crippen LogP contribution in [-0.4, -0.2) is 43.7 Å². The van der Waals surface area contributed by atoms with Crippen molar-refractivity contribution in [3.05, 3.63) is 29.8 Å². The van der Waals surface area contributed by atoms with Gasteiger partial charge in [-0.2, -0.15) is 0 Å². The Morgan fingerprint density at radius 3 is 2.57 bits per heavy atom. The number of ether oxygens (including phenoxy) is 2. The normalized spacial score (nSPS) is 17.7. The molecule has 1 atom stereocenters. The smallest absolute Gasteiger partial charge is 0.323 e. The van der Waals surface area contributed by atoms with Crippen molar-refractivity contribution in [2.75, 3.05) is 26.8 Å². The number of likely N-dealkylation sites (tertiary alicyclic amines) is 1. The third-order valence-electron chi connectivity index (χ3n) is 4.74. The quantitative estimate of drug-likeness (QED) is 0.723. The Hall–Kier alpha value is -1.55. The maximum atomic E-state index is 12.0. The summed E-state index contributed by atoms with van der Waals surface area (Å²) in [5.74, 6) is 1.56. The lowest BCUT2D eigenvalue weighted by atomic mass is 9.89. The lowest BCUT2D eigenvalue weighted by Gasteiger charge is -2.36. The van der Waals surface area contributed by atoms with Crippen LogP contribution in [0.2, 0.25) is 0 Å². The summed E-state index contributed by atoms with van der Waals surface area (Å²) >= 11 is 0. The lowest BCUT2D eigenvalue weighted by molar-refractivity contribution is -0.150. The third-order valence-corrected chi connectivity index (χ3v) is 4.74. The molecule has 1 saturated heterocycles. The molecule has 0 aromatic heterocycles. The molecule has 4 heteroatoms. The fourth-order valence-electron chi connectivity index (χ4n) is 3.46. The van der Waals surface area contributed by atoms with Crippen LogP contribution in [0.25, 0.3) is 0 Å². The summed E-state index contributed by atoms with van der Waals surface area (Å²) in [6, 6.07) is 8.18. The van der Waals surface area contributed by atoms with E-state index in [1.165, 1.54) is 5.56 Å². The molecule has 0 amide bonds. The van der Waals surface area contributed by atoms with E-state index in [9.17, 15) is 4.79 Å². The first-order valence-corrected chi connectivity index (χ1v) is 8.72. The number of hydrogen-bond acceptors (Lipinski definition) is 4. The summed E-state index contributed by atoms with van der Waals surface area (Å²) < 4.78 is 10.7. The van der Waals surface area contributed by atoms with Crippen molar-refractivity contribution in [2.45, 2.75) is 45.6 Å². The molecule has 0 spiro atoms. The summed E-state index contributed by atoms with van der Waals surface area (Å²) in [7, 11) is 1.73. The molecule has 0 aliphatic carbocycles. The van der Waals surface area contributed by atoms with Crippen LogP contribution in [0.3, 0.4) is 0 Å². The monoisotopic (exact) mass is 319 g/mol. The molecule has 1 unspecified atom stereocenters. The molecule has 4 nitrogen and oxygen atoms in total. The Labute approximate surface area is 139 Å². The van der Waals surface area contributed by atoms with Crippen LogP contribution in [0.1, 0.15) is 38.7 Å². The molecule has 0 N–H and O–H groups in total. The maximum Gasteiger partial charge on any atom is 0.323 e. The Kier molecular flexibility index (Phi) is 6.90. The van der Waals surface area contributed by atoms with E-state index >= 15 is 0 Å². The fraction of sp³-hybridized carbons (Fsp3) is 0.632. The molecular formula is C19H29NO3. The van der Waals surface area contributed by atoms with E-state index in [2.05, 4.69) is 24.0 Å². The van der Waals surface area contributed by atoms with E-state index in [1.54, 1.807) is 7.11 Å². The van der Waals surface area contributed by atoms with Gasteiger partial charge in [0, 0.05) is 0 Å². The SMILES string of the molecule is CCOC(=O)C(CC)N1CCC(Cc2ccccc2OC)CC1. The summed E-state index contributed by atoms with van der Waals surface area (Å²) in [6.07, 6.45) is 4.10. The topological polar surface area (TPSA) is 38.8 Å².